The molecule has 0 fully saturated rings. The van der Waals surface area contributed by atoms with Crippen LogP contribution in [0.4, 0.5) is 0 Å². The average molecular weight is 478 g/mol. The predicted molar refractivity (Wildman–Crippen MR) is 127 cm³/mol. The third kappa shape index (κ3) is 3.18. The molecular formula is C26H27N3O6. The Morgan fingerprint density at radius 3 is 2.69 bits per heavy atom. The highest BCUT2D eigenvalue weighted by atomic mass is 16.7. The number of cyclic esters (lactones) is 1. The number of nitrogens with one attached hydrogen (secondary N) is 1. The molecule has 0 bridgehead atoms. The second-order valence-electron chi connectivity index (χ2n) is 9.27. The summed E-state index contributed by atoms with van der Waals surface area (Å²) >= 11 is 0. The van der Waals surface area contributed by atoms with Gasteiger partial charge >= 0.3 is 5.97 Å². The van der Waals surface area contributed by atoms with Crippen molar-refractivity contribution in [2.45, 2.75) is 58.4 Å². The maximum Gasteiger partial charge on any atom is 0.343 e. The molecular weight excluding hydrogens is 450 g/mol. The summed E-state index contributed by atoms with van der Waals surface area (Å²) in [5.41, 5.74) is 2.54. The summed E-state index contributed by atoms with van der Waals surface area (Å²) in [6.45, 7) is 5.73. The summed E-state index contributed by atoms with van der Waals surface area (Å²) < 4.78 is 18.0. The van der Waals surface area contributed by atoms with E-state index < -0.39 is 11.6 Å². The molecule has 0 amide bonds. The monoisotopic (exact) mass is 477 g/mol. The standard InChI is InChI=1S/C26H27N3O6/c1-3-5-6-27-10-15-14-7-21-22(35-13-34-21)9-19(14)28-23-16(15)11-29-20(23)8-18-17(24(29)30)12-33-25(31)26(18,32)4-2/h7-9,27,32H,3-6,10-13H2,1-2H3/t26-/m0/s1. The maximum absolute atomic E-state index is 13.5. The van der Waals surface area contributed by atoms with Gasteiger partial charge in [0.25, 0.3) is 5.56 Å². The number of aromatic nitrogens is 2. The summed E-state index contributed by atoms with van der Waals surface area (Å²) in [6, 6.07) is 5.57. The zero-order chi connectivity index (χ0) is 24.3. The van der Waals surface area contributed by atoms with E-state index in [0.717, 1.165) is 41.4 Å². The van der Waals surface area contributed by atoms with Crippen molar-refractivity contribution in [1.29, 1.82) is 0 Å². The number of esters is 1. The van der Waals surface area contributed by atoms with Crippen molar-refractivity contribution >= 4 is 16.9 Å². The Labute approximate surface area is 201 Å². The summed E-state index contributed by atoms with van der Waals surface area (Å²) in [5, 5.41) is 15.6. The number of hydrogen-bond donors (Lipinski definition) is 2. The number of ether oxygens (including phenoxy) is 3. The number of nitrogens with zero attached hydrogens (tertiary/aromatic N) is 2. The molecule has 0 saturated carbocycles. The number of carbonyl (C=O) groups excluding carboxylic acids is 1. The highest BCUT2D eigenvalue weighted by molar-refractivity contribution is 5.91. The van der Waals surface area contributed by atoms with E-state index >= 15 is 0 Å². The molecule has 3 aromatic rings. The molecule has 182 valence electrons. The Morgan fingerprint density at radius 1 is 1.11 bits per heavy atom. The molecule has 0 aliphatic carbocycles. The fourth-order valence-corrected chi connectivity index (χ4v) is 5.27. The molecule has 5 heterocycles. The van der Waals surface area contributed by atoms with Gasteiger partial charge in [-0.15, -0.1) is 0 Å². The summed E-state index contributed by atoms with van der Waals surface area (Å²) in [5.74, 6) is 0.592. The molecule has 1 atom stereocenters. The molecule has 3 aliphatic heterocycles. The molecule has 0 saturated heterocycles. The van der Waals surface area contributed by atoms with Crippen LogP contribution < -0.4 is 20.3 Å². The third-order valence-corrected chi connectivity index (χ3v) is 7.31. The number of unbranched alkanes of at least 4 members (excludes halogenated alkanes) is 1. The number of benzene rings is 1. The highest BCUT2D eigenvalue weighted by Crippen LogP contribution is 2.43. The van der Waals surface area contributed by atoms with Crippen molar-refractivity contribution in [3.05, 3.63) is 50.8 Å². The van der Waals surface area contributed by atoms with E-state index in [9.17, 15) is 14.7 Å². The minimum Gasteiger partial charge on any atom is -0.458 e. The number of rotatable bonds is 6. The van der Waals surface area contributed by atoms with E-state index in [4.69, 9.17) is 19.2 Å². The number of carbonyl (C=O) groups is 1. The minimum absolute atomic E-state index is 0.107. The third-order valence-electron chi connectivity index (χ3n) is 7.31. The Balaban J connectivity index is 1.57. The maximum atomic E-state index is 13.5. The summed E-state index contributed by atoms with van der Waals surface area (Å²) in [6.07, 6.45) is 2.26. The van der Waals surface area contributed by atoms with Gasteiger partial charge in [-0.1, -0.05) is 20.3 Å². The Hall–Kier alpha value is -3.43. The zero-order valence-electron chi connectivity index (χ0n) is 19.8. The lowest BCUT2D eigenvalue weighted by Crippen LogP contribution is -2.44. The van der Waals surface area contributed by atoms with Gasteiger partial charge < -0.3 is 29.2 Å². The second kappa shape index (κ2) is 8.07. The molecule has 0 radical (unpaired) electrons. The summed E-state index contributed by atoms with van der Waals surface area (Å²) in [7, 11) is 0. The van der Waals surface area contributed by atoms with Crippen LogP contribution in [0.1, 0.15) is 55.4 Å². The number of aliphatic hydroxyl groups is 1. The second-order valence-corrected chi connectivity index (χ2v) is 9.27. The van der Waals surface area contributed by atoms with Crippen molar-refractivity contribution in [3.8, 4) is 22.9 Å². The first-order chi connectivity index (χ1) is 17.0. The number of fused-ring (bicyclic) bond motifs is 6. The van der Waals surface area contributed by atoms with Gasteiger partial charge in [-0.2, -0.15) is 0 Å². The van der Waals surface area contributed by atoms with Crippen LogP contribution in [-0.2, 0) is 34.8 Å². The molecule has 9 heteroatoms. The van der Waals surface area contributed by atoms with Crippen molar-refractivity contribution < 1.29 is 24.1 Å². The molecule has 1 aromatic carbocycles. The smallest absolute Gasteiger partial charge is 0.343 e. The molecule has 2 N–H and O–H groups in total. The van der Waals surface area contributed by atoms with E-state index in [1.807, 2.05) is 12.1 Å². The van der Waals surface area contributed by atoms with Gasteiger partial charge in [-0.3, -0.25) is 4.79 Å². The molecule has 9 nitrogen and oxygen atoms in total. The zero-order valence-corrected chi connectivity index (χ0v) is 19.8. The van der Waals surface area contributed by atoms with Crippen LogP contribution in [0, 0.1) is 0 Å². The first-order valence-corrected chi connectivity index (χ1v) is 12.1. The van der Waals surface area contributed by atoms with Crippen LogP contribution in [0.3, 0.4) is 0 Å². The van der Waals surface area contributed by atoms with Crippen LogP contribution in [0.15, 0.2) is 23.0 Å². The average Bonchev–Trinajstić information content (AvgIpc) is 3.47. The van der Waals surface area contributed by atoms with E-state index in [-0.39, 0.29) is 25.4 Å². The van der Waals surface area contributed by atoms with E-state index in [0.29, 0.717) is 47.1 Å². The number of hydrogen-bond acceptors (Lipinski definition) is 8. The van der Waals surface area contributed by atoms with Crippen LogP contribution in [0.2, 0.25) is 0 Å². The predicted octanol–water partition coefficient (Wildman–Crippen LogP) is 2.70. The van der Waals surface area contributed by atoms with Crippen LogP contribution in [0.5, 0.6) is 11.5 Å². The van der Waals surface area contributed by atoms with Crippen LogP contribution in [-0.4, -0.2) is 34.0 Å². The minimum atomic E-state index is -1.85. The Bertz CT molecular complexity index is 1450. The lowest BCUT2D eigenvalue weighted by molar-refractivity contribution is -0.172. The van der Waals surface area contributed by atoms with Gasteiger partial charge in [0.1, 0.15) is 6.61 Å². The topological polar surface area (TPSA) is 112 Å². The van der Waals surface area contributed by atoms with E-state index in [1.54, 1.807) is 17.6 Å². The van der Waals surface area contributed by atoms with Crippen LogP contribution >= 0.6 is 0 Å². The van der Waals surface area contributed by atoms with Crippen LogP contribution in [0.25, 0.3) is 22.3 Å². The largest absolute Gasteiger partial charge is 0.458 e. The summed E-state index contributed by atoms with van der Waals surface area (Å²) in [4.78, 5) is 30.9. The molecule has 3 aliphatic rings. The van der Waals surface area contributed by atoms with Crippen molar-refractivity contribution in [3.63, 3.8) is 0 Å². The SMILES string of the molecule is CCCCNCc1c2c(nc3cc4c(cc13)OCO4)-c1cc3c(c(=O)n1C2)COC(=O)[C@]3(O)CC. The fraction of sp³-hybridized carbons (Fsp3) is 0.423. The lowest BCUT2D eigenvalue weighted by atomic mass is 9.86. The van der Waals surface area contributed by atoms with Gasteiger partial charge in [0.2, 0.25) is 6.79 Å². The molecule has 2 aromatic heterocycles. The van der Waals surface area contributed by atoms with Gasteiger partial charge in [-0.25, -0.2) is 9.78 Å². The molecule has 6 rings (SSSR count). The fourth-order valence-electron chi connectivity index (χ4n) is 5.27. The van der Waals surface area contributed by atoms with Gasteiger partial charge in [0, 0.05) is 29.1 Å². The van der Waals surface area contributed by atoms with Crippen molar-refractivity contribution in [2.75, 3.05) is 13.3 Å². The number of pyridine rings is 2. The van der Waals surface area contributed by atoms with E-state index in [2.05, 4.69) is 12.2 Å². The quantitative estimate of drug-likeness (QED) is 0.322. The van der Waals surface area contributed by atoms with Gasteiger partial charge in [-0.05, 0) is 37.1 Å². The van der Waals surface area contributed by atoms with Gasteiger partial charge in [0.15, 0.2) is 17.1 Å². The highest BCUT2D eigenvalue weighted by Gasteiger charge is 2.45. The molecule has 0 spiro atoms. The Kier molecular flexibility index (Phi) is 5.08. The van der Waals surface area contributed by atoms with E-state index in [1.165, 1.54) is 0 Å². The first-order valence-electron chi connectivity index (χ1n) is 12.1. The van der Waals surface area contributed by atoms with Crippen molar-refractivity contribution in [1.82, 2.24) is 14.9 Å². The van der Waals surface area contributed by atoms with Gasteiger partial charge in [0.05, 0.1) is 29.0 Å². The Morgan fingerprint density at radius 2 is 1.91 bits per heavy atom. The first kappa shape index (κ1) is 22.1. The van der Waals surface area contributed by atoms with Crippen molar-refractivity contribution in [2.24, 2.45) is 0 Å². The molecule has 35 heavy (non-hydrogen) atoms. The molecule has 0 unspecified atom stereocenters. The normalized spacial score (nSPS) is 19.5. The lowest BCUT2D eigenvalue weighted by Gasteiger charge is -2.31.